The van der Waals surface area contributed by atoms with Gasteiger partial charge in [0.25, 0.3) is 0 Å². The molecule has 4 nitrogen and oxygen atoms in total. The molecule has 212 valence electrons. The fourth-order valence-corrected chi connectivity index (χ4v) is 7.12. The molecule has 4 heteroatoms. The molecule has 4 heterocycles. The van der Waals surface area contributed by atoms with Crippen LogP contribution in [-0.4, -0.2) is 19.1 Å². The molecular formula is C40H31N3O. The minimum absolute atomic E-state index is 0.0180. The lowest BCUT2D eigenvalue weighted by atomic mass is 9.86. The summed E-state index contributed by atoms with van der Waals surface area (Å²) in [6.07, 6.45) is 1.68. The van der Waals surface area contributed by atoms with Crippen molar-refractivity contribution in [1.82, 2.24) is 14.0 Å². The Morgan fingerprint density at radius 2 is 1.36 bits per heavy atom. The normalized spacial score (nSPS) is 13.9. The number of aromatic hydroxyl groups is 1. The number of hydrogen-bond donors (Lipinski definition) is 1. The molecular weight excluding hydrogens is 538 g/mol. The monoisotopic (exact) mass is 572 g/mol. The number of phenols is 1. The third-order valence-corrected chi connectivity index (χ3v) is 9.27. The number of pyridine rings is 1. The Kier molecular flexibility index (Phi) is 4.35. The number of rotatable bonds is 2. The van der Waals surface area contributed by atoms with Crippen LogP contribution < -0.4 is 0 Å². The summed E-state index contributed by atoms with van der Waals surface area (Å²) in [5, 5.41) is 17.3. The largest absolute Gasteiger partial charge is 0.508 e. The predicted octanol–water partition coefficient (Wildman–Crippen LogP) is 10.3. The van der Waals surface area contributed by atoms with Gasteiger partial charge in [-0.2, -0.15) is 0 Å². The van der Waals surface area contributed by atoms with Gasteiger partial charge in [0.1, 0.15) is 11.6 Å². The van der Waals surface area contributed by atoms with Gasteiger partial charge < -0.3 is 9.51 Å². The van der Waals surface area contributed by atoms with Crippen molar-refractivity contribution in [3.63, 3.8) is 0 Å². The molecule has 0 aliphatic rings. The number of benzene rings is 5. The van der Waals surface area contributed by atoms with Crippen LogP contribution in [0.15, 0.2) is 109 Å². The van der Waals surface area contributed by atoms with Gasteiger partial charge in [-0.3, -0.25) is 4.57 Å². The van der Waals surface area contributed by atoms with Crippen LogP contribution in [0.25, 0.3) is 76.8 Å². The van der Waals surface area contributed by atoms with Crippen molar-refractivity contribution in [2.75, 3.05) is 0 Å². The molecule has 0 fully saturated rings. The summed E-state index contributed by atoms with van der Waals surface area (Å²) in [5.41, 5.74) is 7.80. The quantitative estimate of drug-likeness (QED) is 0.224. The molecule has 44 heavy (non-hydrogen) atoms. The van der Waals surface area contributed by atoms with Crippen molar-refractivity contribution < 1.29 is 9.22 Å². The maximum Gasteiger partial charge on any atom is 0.137 e. The van der Waals surface area contributed by atoms with Gasteiger partial charge in [-0.25, -0.2) is 4.98 Å². The van der Waals surface area contributed by atoms with E-state index in [2.05, 4.69) is 91.9 Å². The summed E-state index contributed by atoms with van der Waals surface area (Å²) < 4.78 is 29.9. The number of phenolic OH excluding ortho intramolecular Hbond substituents is 1. The number of aromatic nitrogens is 3. The van der Waals surface area contributed by atoms with E-state index in [4.69, 9.17) is 9.10 Å². The first-order valence-electron chi connectivity index (χ1n) is 16.4. The second-order valence-corrected chi connectivity index (χ2v) is 12.9. The van der Waals surface area contributed by atoms with E-state index in [1.54, 1.807) is 24.4 Å². The Morgan fingerprint density at radius 3 is 2.16 bits per heavy atom. The van der Waals surface area contributed by atoms with E-state index in [-0.39, 0.29) is 16.7 Å². The molecule has 4 aromatic heterocycles. The zero-order valence-corrected chi connectivity index (χ0v) is 24.7. The lowest BCUT2D eigenvalue weighted by Crippen LogP contribution is -2.10. The topological polar surface area (TPSA) is 42.5 Å². The van der Waals surface area contributed by atoms with Gasteiger partial charge in [0.15, 0.2) is 0 Å². The van der Waals surface area contributed by atoms with E-state index in [1.165, 1.54) is 27.2 Å². The Bertz CT molecular complexity index is 2710. The summed E-state index contributed by atoms with van der Waals surface area (Å²) in [4.78, 5) is 4.91. The van der Waals surface area contributed by atoms with E-state index < -0.39 is 6.85 Å². The van der Waals surface area contributed by atoms with Crippen molar-refractivity contribution >= 4 is 59.9 Å². The smallest absolute Gasteiger partial charge is 0.137 e. The average Bonchev–Trinajstić information content (AvgIpc) is 3.67. The lowest BCUT2D eigenvalue weighted by Gasteiger charge is -2.19. The summed E-state index contributed by atoms with van der Waals surface area (Å²) in [6, 6.07) is 34.5. The van der Waals surface area contributed by atoms with Gasteiger partial charge in [-0.1, -0.05) is 81.4 Å². The molecule has 0 bridgehead atoms. The number of hydrogen-bond acceptors (Lipinski definition) is 2. The standard InChI is InChI=1S/C40H31N3O/c1-23-18-38(41-22-33(23)24-12-14-25(15-13-24)40(2,3)4)42-35-19-26(44)16-17-28(35)31-20-32-30-10-7-9-29-27-8-5-6-11-34(27)43(39(29)30)37(32)21-36(31)42/h5-22,44H,1-4H3/i1D3. The zero-order chi connectivity index (χ0) is 32.4. The van der Waals surface area contributed by atoms with Crippen molar-refractivity contribution in [2.45, 2.75) is 33.0 Å². The van der Waals surface area contributed by atoms with Crippen molar-refractivity contribution in [2.24, 2.45) is 0 Å². The van der Waals surface area contributed by atoms with Crippen LogP contribution >= 0.6 is 0 Å². The fraction of sp³-hybridized carbons (Fsp3) is 0.125. The molecule has 1 N–H and O–H groups in total. The molecule has 5 aromatic carbocycles. The minimum Gasteiger partial charge on any atom is -0.508 e. The lowest BCUT2D eigenvalue weighted by molar-refractivity contribution is 0.476. The van der Waals surface area contributed by atoms with Gasteiger partial charge >= 0.3 is 0 Å². The van der Waals surface area contributed by atoms with Crippen LogP contribution in [0.5, 0.6) is 5.75 Å². The molecule has 0 saturated carbocycles. The Labute approximate surface area is 259 Å². The first-order valence-corrected chi connectivity index (χ1v) is 14.9. The molecule has 0 unspecified atom stereocenters. The third kappa shape index (κ3) is 3.37. The fourth-order valence-electron chi connectivity index (χ4n) is 7.12. The van der Waals surface area contributed by atoms with Gasteiger partial charge in [0.2, 0.25) is 0 Å². The van der Waals surface area contributed by atoms with E-state index >= 15 is 0 Å². The van der Waals surface area contributed by atoms with Gasteiger partial charge in [-0.05, 0) is 65.4 Å². The van der Waals surface area contributed by atoms with Crippen molar-refractivity contribution in [1.29, 1.82) is 0 Å². The van der Waals surface area contributed by atoms with Gasteiger partial charge in [0.05, 0.1) is 27.6 Å². The van der Waals surface area contributed by atoms with Crippen LogP contribution in [0.2, 0.25) is 0 Å². The SMILES string of the molecule is [2H]C([2H])([2H])c1cc(-n2c3cc(O)ccc3c3cc4c5cccc6c7ccccc7n(c4cc32)c65)ncc1-c1ccc(C(C)(C)C)cc1. The molecule has 0 spiro atoms. The van der Waals surface area contributed by atoms with Crippen LogP contribution in [0.4, 0.5) is 0 Å². The number of aryl methyl sites for hydroxylation is 1. The third-order valence-electron chi connectivity index (χ3n) is 9.27. The highest BCUT2D eigenvalue weighted by Crippen LogP contribution is 2.43. The highest BCUT2D eigenvalue weighted by molar-refractivity contribution is 6.26. The summed E-state index contributed by atoms with van der Waals surface area (Å²) in [7, 11) is 0. The number of para-hydroxylation sites is 2. The van der Waals surface area contributed by atoms with Gasteiger partial charge in [-0.15, -0.1) is 0 Å². The van der Waals surface area contributed by atoms with Crippen LogP contribution in [0, 0.1) is 6.85 Å². The maximum atomic E-state index is 10.6. The number of fused-ring (bicyclic) bond motifs is 9. The average molecular weight is 573 g/mol. The van der Waals surface area contributed by atoms with E-state index in [0.29, 0.717) is 11.4 Å². The summed E-state index contributed by atoms with van der Waals surface area (Å²) in [6.45, 7) is 4.09. The molecule has 0 saturated heterocycles. The van der Waals surface area contributed by atoms with E-state index in [0.717, 1.165) is 43.8 Å². The zero-order valence-electron chi connectivity index (χ0n) is 27.7. The first kappa shape index (κ1) is 22.2. The second-order valence-electron chi connectivity index (χ2n) is 12.9. The van der Waals surface area contributed by atoms with Crippen LogP contribution in [0.1, 0.15) is 36.0 Å². The van der Waals surface area contributed by atoms with Crippen LogP contribution in [0.3, 0.4) is 0 Å². The Morgan fingerprint density at radius 1 is 0.659 bits per heavy atom. The maximum absolute atomic E-state index is 10.6. The number of nitrogens with zero attached hydrogens (tertiary/aromatic N) is 3. The second kappa shape index (κ2) is 8.61. The van der Waals surface area contributed by atoms with E-state index in [1.807, 2.05) is 22.8 Å². The Balaban J connectivity index is 1.35. The highest BCUT2D eigenvalue weighted by atomic mass is 16.3. The predicted molar refractivity (Wildman–Crippen MR) is 184 cm³/mol. The molecule has 9 aromatic rings. The molecule has 0 aliphatic carbocycles. The Hall–Kier alpha value is -5.35. The molecule has 0 atom stereocenters. The molecule has 9 rings (SSSR count). The van der Waals surface area contributed by atoms with Crippen LogP contribution in [-0.2, 0) is 5.41 Å². The van der Waals surface area contributed by atoms with Crippen molar-refractivity contribution in [3.05, 3.63) is 120 Å². The summed E-state index contributed by atoms with van der Waals surface area (Å²) in [5.74, 6) is 0.610. The summed E-state index contributed by atoms with van der Waals surface area (Å²) >= 11 is 0. The molecule has 0 aliphatic heterocycles. The molecule has 0 amide bonds. The van der Waals surface area contributed by atoms with Crippen molar-refractivity contribution in [3.8, 4) is 22.7 Å². The molecule has 0 radical (unpaired) electrons. The first-order chi connectivity index (χ1) is 22.5. The van der Waals surface area contributed by atoms with E-state index in [9.17, 15) is 5.11 Å². The van der Waals surface area contributed by atoms with Gasteiger partial charge in [0, 0.05) is 54.3 Å². The highest BCUT2D eigenvalue weighted by Gasteiger charge is 2.21. The minimum atomic E-state index is -2.38.